The molecule has 1 amide bonds. The largest absolute Gasteiger partial charge is 0.370 e. The Morgan fingerprint density at radius 3 is 2.77 bits per heavy atom. The predicted molar refractivity (Wildman–Crippen MR) is 110 cm³/mol. The SMILES string of the molecule is C[C@@H]1C[C@H](N)C[C@H](c2ccncc2NC(=O)c2csc(-c3c(F)cccc3F)n2)O1. The molecule has 0 spiro atoms. The summed E-state index contributed by atoms with van der Waals surface area (Å²) in [5.41, 5.74) is 7.19. The summed E-state index contributed by atoms with van der Waals surface area (Å²) in [6.45, 7) is 1.96. The van der Waals surface area contributed by atoms with Crippen molar-refractivity contribution >= 4 is 22.9 Å². The van der Waals surface area contributed by atoms with Gasteiger partial charge in [0, 0.05) is 23.2 Å². The third-order valence-electron chi connectivity index (χ3n) is 4.91. The van der Waals surface area contributed by atoms with E-state index in [9.17, 15) is 13.6 Å². The number of hydrogen-bond acceptors (Lipinski definition) is 6. The summed E-state index contributed by atoms with van der Waals surface area (Å²) in [5, 5.41) is 4.34. The van der Waals surface area contributed by atoms with E-state index in [-0.39, 0.29) is 34.5 Å². The molecule has 6 nitrogen and oxygen atoms in total. The first-order valence-corrected chi connectivity index (χ1v) is 10.4. The van der Waals surface area contributed by atoms with E-state index in [1.165, 1.54) is 17.6 Å². The van der Waals surface area contributed by atoms with E-state index in [2.05, 4.69) is 15.3 Å². The molecule has 1 fully saturated rings. The zero-order valence-corrected chi connectivity index (χ0v) is 17.0. The molecule has 4 rings (SSSR count). The van der Waals surface area contributed by atoms with Crippen molar-refractivity contribution in [3.8, 4) is 10.6 Å². The van der Waals surface area contributed by atoms with Crippen molar-refractivity contribution < 1.29 is 18.3 Å². The number of amides is 1. The van der Waals surface area contributed by atoms with Gasteiger partial charge in [0.05, 0.1) is 29.7 Å². The van der Waals surface area contributed by atoms with Crippen molar-refractivity contribution in [3.63, 3.8) is 0 Å². The van der Waals surface area contributed by atoms with E-state index in [1.807, 2.05) is 6.92 Å². The Balaban J connectivity index is 1.57. The number of thiazole rings is 1. The number of aromatic nitrogens is 2. The number of carbonyl (C=O) groups excluding carboxylic acids is 1. The number of carbonyl (C=O) groups is 1. The molecule has 1 aliphatic rings. The minimum Gasteiger partial charge on any atom is -0.370 e. The van der Waals surface area contributed by atoms with Gasteiger partial charge < -0.3 is 15.8 Å². The maximum Gasteiger partial charge on any atom is 0.275 e. The highest BCUT2D eigenvalue weighted by molar-refractivity contribution is 7.13. The fourth-order valence-corrected chi connectivity index (χ4v) is 4.41. The lowest BCUT2D eigenvalue weighted by Crippen LogP contribution is -2.35. The van der Waals surface area contributed by atoms with Crippen molar-refractivity contribution in [2.75, 3.05) is 5.32 Å². The molecule has 9 heteroatoms. The van der Waals surface area contributed by atoms with Gasteiger partial charge in [-0.2, -0.15) is 0 Å². The summed E-state index contributed by atoms with van der Waals surface area (Å²) in [6.07, 6.45) is 4.31. The Bertz CT molecular complexity index is 1040. The molecule has 1 aromatic carbocycles. The molecule has 1 aliphatic heterocycles. The van der Waals surface area contributed by atoms with Crippen molar-refractivity contribution in [2.24, 2.45) is 5.73 Å². The van der Waals surface area contributed by atoms with E-state index in [4.69, 9.17) is 10.5 Å². The monoisotopic (exact) mass is 430 g/mol. The van der Waals surface area contributed by atoms with Gasteiger partial charge >= 0.3 is 0 Å². The standard InChI is InChI=1S/C21H20F2N4O2S/c1-11-7-12(24)8-18(29-11)13-5-6-25-9-16(13)26-20(28)17-10-30-21(27-17)19-14(22)3-2-4-15(19)23/h2-6,9-12,18H,7-8,24H2,1H3,(H,26,28)/t11-,12+,18-/m1/s1. The summed E-state index contributed by atoms with van der Waals surface area (Å²) < 4.78 is 34.0. The first-order chi connectivity index (χ1) is 14.4. The molecule has 3 N–H and O–H groups in total. The molecule has 0 bridgehead atoms. The number of nitrogens with two attached hydrogens (primary N) is 1. The third kappa shape index (κ3) is 4.23. The molecule has 0 saturated carbocycles. The van der Waals surface area contributed by atoms with E-state index >= 15 is 0 Å². The molecule has 2 aromatic heterocycles. The van der Waals surface area contributed by atoms with Crippen LogP contribution in [0.4, 0.5) is 14.5 Å². The highest BCUT2D eigenvalue weighted by atomic mass is 32.1. The number of halogens is 2. The van der Waals surface area contributed by atoms with Gasteiger partial charge in [0.25, 0.3) is 5.91 Å². The van der Waals surface area contributed by atoms with Crippen LogP contribution in [0.2, 0.25) is 0 Å². The van der Waals surface area contributed by atoms with Gasteiger partial charge in [-0.25, -0.2) is 13.8 Å². The van der Waals surface area contributed by atoms with Gasteiger partial charge in [-0.3, -0.25) is 9.78 Å². The third-order valence-corrected chi connectivity index (χ3v) is 5.77. The molecule has 0 radical (unpaired) electrons. The van der Waals surface area contributed by atoms with Gasteiger partial charge in [0.1, 0.15) is 22.3 Å². The Kier molecular flexibility index (Phi) is 5.85. The molecule has 3 aromatic rings. The fourth-order valence-electron chi connectivity index (χ4n) is 3.56. The predicted octanol–water partition coefficient (Wildman–Crippen LogP) is 4.30. The molecule has 3 heterocycles. The van der Waals surface area contributed by atoms with Crippen LogP contribution in [0.5, 0.6) is 0 Å². The Morgan fingerprint density at radius 1 is 1.27 bits per heavy atom. The molecule has 30 heavy (non-hydrogen) atoms. The number of rotatable bonds is 4. The summed E-state index contributed by atoms with van der Waals surface area (Å²) in [6, 6.07) is 5.37. The van der Waals surface area contributed by atoms with Crippen LogP contribution in [0.25, 0.3) is 10.6 Å². The van der Waals surface area contributed by atoms with Crippen LogP contribution in [-0.4, -0.2) is 28.0 Å². The highest BCUT2D eigenvalue weighted by Crippen LogP contribution is 2.35. The van der Waals surface area contributed by atoms with Crippen LogP contribution < -0.4 is 11.1 Å². The van der Waals surface area contributed by atoms with Gasteiger partial charge in [-0.1, -0.05) is 6.07 Å². The topological polar surface area (TPSA) is 90.1 Å². The van der Waals surface area contributed by atoms with Crippen molar-refractivity contribution in [1.29, 1.82) is 0 Å². The second kappa shape index (κ2) is 8.55. The Labute approximate surface area is 176 Å². The van der Waals surface area contributed by atoms with Crippen molar-refractivity contribution in [3.05, 3.63) is 64.9 Å². The summed E-state index contributed by atoms with van der Waals surface area (Å²) in [4.78, 5) is 20.9. The molecule has 0 aliphatic carbocycles. The summed E-state index contributed by atoms with van der Waals surface area (Å²) in [7, 11) is 0. The average Bonchev–Trinajstić information content (AvgIpc) is 3.17. The van der Waals surface area contributed by atoms with Crippen LogP contribution in [0.3, 0.4) is 0 Å². The van der Waals surface area contributed by atoms with Crippen LogP contribution in [0, 0.1) is 11.6 Å². The van der Waals surface area contributed by atoms with Gasteiger partial charge in [-0.05, 0) is 38.0 Å². The molecular weight excluding hydrogens is 410 g/mol. The van der Waals surface area contributed by atoms with Crippen LogP contribution in [0.1, 0.15) is 41.9 Å². The molecule has 156 valence electrons. The smallest absolute Gasteiger partial charge is 0.275 e. The lowest BCUT2D eigenvalue weighted by atomic mass is 9.95. The minimum atomic E-state index is -0.731. The average molecular weight is 430 g/mol. The molecule has 3 atom stereocenters. The summed E-state index contributed by atoms with van der Waals surface area (Å²) in [5.74, 6) is -1.96. The highest BCUT2D eigenvalue weighted by Gasteiger charge is 2.28. The van der Waals surface area contributed by atoms with Gasteiger partial charge in [0.15, 0.2) is 0 Å². The Morgan fingerprint density at radius 2 is 2.03 bits per heavy atom. The maximum atomic E-state index is 14.0. The maximum absolute atomic E-state index is 14.0. The zero-order valence-electron chi connectivity index (χ0n) is 16.1. The number of ether oxygens (including phenoxy) is 1. The van der Waals surface area contributed by atoms with Crippen molar-refractivity contribution in [2.45, 2.75) is 38.0 Å². The number of anilines is 1. The normalized spacial score (nSPS) is 21.4. The van der Waals surface area contributed by atoms with Crippen LogP contribution >= 0.6 is 11.3 Å². The molecule has 0 unspecified atom stereocenters. The number of nitrogens with one attached hydrogen (secondary N) is 1. The number of benzene rings is 1. The molecular formula is C21H20F2N4O2S. The number of hydrogen-bond donors (Lipinski definition) is 2. The number of nitrogens with zero attached hydrogens (tertiary/aromatic N) is 2. The summed E-state index contributed by atoms with van der Waals surface area (Å²) >= 11 is 0.994. The number of pyridine rings is 1. The van der Waals surface area contributed by atoms with Crippen molar-refractivity contribution in [1.82, 2.24) is 9.97 Å². The van der Waals surface area contributed by atoms with E-state index in [1.54, 1.807) is 12.3 Å². The van der Waals surface area contributed by atoms with Crippen LogP contribution in [-0.2, 0) is 4.74 Å². The van der Waals surface area contributed by atoms with Gasteiger partial charge in [0.2, 0.25) is 0 Å². The van der Waals surface area contributed by atoms with E-state index in [0.717, 1.165) is 35.5 Å². The van der Waals surface area contributed by atoms with Gasteiger partial charge in [-0.15, -0.1) is 11.3 Å². The van der Waals surface area contributed by atoms with E-state index < -0.39 is 17.5 Å². The van der Waals surface area contributed by atoms with Crippen LogP contribution in [0.15, 0.2) is 42.0 Å². The minimum absolute atomic E-state index is 0.00670. The lowest BCUT2D eigenvalue weighted by molar-refractivity contribution is -0.0483. The zero-order chi connectivity index (χ0) is 21.3. The fraction of sp³-hybridized carbons (Fsp3) is 0.286. The second-order valence-corrected chi connectivity index (χ2v) is 8.08. The van der Waals surface area contributed by atoms with E-state index in [0.29, 0.717) is 12.1 Å². The lowest BCUT2D eigenvalue weighted by Gasteiger charge is -2.33. The first kappa shape index (κ1) is 20.5. The molecule has 1 saturated heterocycles. The first-order valence-electron chi connectivity index (χ1n) is 9.48. The Hall–Kier alpha value is -2.75. The second-order valence-electron chi connectivity index (χ2n) is 7.22. The quantitative estimate of drug-likeness (QED) is 0.644.